The maximum Gasteiger partial charge on any atom is 0.125 e. The van der Waals surface area contributed by atoms with Gasteiger partial charge >= 0.3 is 0 Å². The number of para-hydroxylation sites is 1. The van der Waals surface area contributed by atoms with Crippen LogP contribution in [0.4, 0.5) is 0 Å². The van der Waals surface area contributed by atoms with Gasteiger partial charge in [0.15, 0.2) is 0 Å². The van der Waals surface area contributed by atoms with Crippen molar-refractivity contribution in [3.8, 4) is 5.75 Å². The second-order valence-electron chi connectivity index (χ2n) is 4.40. The largest absolute Gasteiger partial charge is 0.490 e. The van der Waals surface area contributed by atoms with Crippen LogP contribution in [-0.2, 0) is 4.74 Å². The summed E-state index contributed by atoms with van der Waals surface area (Å²) in [6, 6.07) is 8.15. The maximum absolute atomic E-state index is 5.95. The molecular weight excluding hydrogens is 188 g/mol. The zero-order chi connectivity index (χ0) is 10.8. The van der Waals surface area contributed by atoms with Crippen molar-refractivity contribution >= 4 is 0 Å². The van der Waals surface area contributed by atoms with Gasteiger partial charge in [0.05, 0.1) is 6.10 Å². The summed E-state index contributed by atoms with van der Waals surface area (Å²) in [7, 11) is 1.77. The molecule has 1 aliphatic rings. The Balaban J connectivity index is 2.30. The third kappa shape index (κ3) is 2.00. The fraction of sp³-hybridized carbons (Fsp3) is 0.538. The van der Waals surface area contributed by atoms with Crippen LogP contribution in [-0.4, -0.2) is 13.2 Å². The van der Waals surface area contributed by atoms with E-state index < -0.39 is 0 Å². The quantitative estimate of drug-likeness (QED) is 0.740. The molecule has 0 N–H and O–H groups in total. The van der Waals surface area contributed by atoms with Gasteiger partial charge in [-0.2, -0.15) is 0 Å². The molecule has 0 radical (unpaired) electrons. The van der Waals surface area contributed by atoms with Crippen molar-refractivity contribution in [1.82, 2.24) is 0 Å². The molecule has 1 aromatic carbocycles. The van der Waals surface area contributed by atoms with Crippen LogP contribution in [0.2, 0.25) is 0 Å². The third-order valence-corrected chi connectivity index (χ3v) is 3.02. The lowest BCUT2D eigenvalue weighted by atomic mass is 9.93. The summed E-state index contributed by atoms with van der Waals surface area (Å²) in [4.78, 5) is 0. The molecule has 15 heavy (non-hydrogen) atoms. The third-order valence-electron chi connectivity index (χ3n) is 3.02. The molecule has 1 aromatic rings. The molecule has 0 bridgehead atoms. The van der Waals surface area contributed by atoms with E-state index in [1.54, 1.807) is 7.11 Å². The highest BCUT2D eigenvalue weighted by atomic mass is 16.5. The summed E-state index contributed by atoms with van der Waals surface area (Å²) in [6.07, 6.45) is 1.40. The van der Waals surface area contributed by atoms with Crippen molar-refractivity contribution in [3.05, 3.63) is 29.8 Å². The number of rotatable bonds is 2. The number of fused-ring (bicyclic) bond motifs is 1. The number of benzene rings is 1. The summed E-state index contributed by atoms with van der Waals surface area (Å²) in [5.74, 6) is 1.50. The van der Waals surface area contributed by atoms with Crippen LogP contribution < -0.4 is 4.74 Å². The molecule has 0 aliphatic carbocycles. The van der Waals surface area contributed by atoms with Crippen LogP contribution in [0.15, 0.2) is 24.3 Å². The van der Waals surface area contributed by atoms with Gasteiger partial charge in [0.25, 0.3) is 0 Å². The first kappa shape index (κ1) is 10.5. The van der Waals surface area contributed by atoms with E-state index in [0.717, 1.165) is 12.2 Å². The van der Waals surface area contributed by atoms with E-state index in [2.05, 4.69) is 19.9 Å². The monoisotopic (exact) mass is 206 g/mol. The molecule has 0 fully saturated rings. The van der Waals surface area contributed by atoms with E-state index >= 15 is 0 Å². The van der Waals surface area contributed by atoms with E-state index in [4.69, 9.17) is 9.47 Å². The van der Waals surface area contributed by atoms with E-state index in [9.17, 15) is 0 Å². The van der Waals surface area contributed by atoms with Crippen molar-refractivity contribution in [1.29, 1.82) is 0 Å². The van der Waals surface area contributed by atoms with Gasteiger partial charge in [0.1, 0.15) is 11.9 Å². The van der Waals surface area contributed by atoms with Crippen molar-refractivity contribution in [2.45, 2.75) is 32.5 Å². The van der Waals surface area contributed by atoms with Gasteiger partial charge in [0, 0.05) is 19.1 Å². The molecule has 0 saturated carbocycles. The van der Waals surface area contributed by atoms with E-state index in [0.29, 0.717) is 5.92 Å². The van der Waals surface area contributed by atoms with Crippen molar-refractivity contribution in [2.75, 3.05) is 7.11 Å². The van der Waals surface area contributed by atoms with Crippen molar-refractivity contribution < 1.29 is 9.47 Å². The molecule has 1 heterocycles. The Morgan fingerprint density at radius 3 is 2.73 bits per heavy atom. The highest BCUT2D eigenvalue weighted by molar-refractivity contribution is 5.37. The van der Waals surface area contributed by atoms with Gasteiger partial charge in [-0.1, -0.05) is 32.0 Å². The molecular formula is C13H18O2. The molecule has 2 rings (SSSR count). The Kier molecular flexibility index (Phi) is 2.96. The lowest BCUT2D eigenvalue weighted by Gasteiger charge is -2.33. The van der Waals surface area contributed by atoms with Gasteiger partial charge < -0.3 is 9.47 Å². The molecule has 0 amide bonds. The van der Waals surface area contributed by atoms with E-state index in [1.165, 1.54) is 5.56 Å². The topological polar surface area (TPSA) is 18.5 Å². The predicted molar refractivity (Wildman–Crippen MR) is 60.1 cm³/mol. The lowest BCUT2D eigenvalue weighted by Crippen LogP contribution is -2.30. The second-order valence-corrected chi connectivity index (χ2v) is 4.40. The van der Waals surface area contributed by atoms with Crippen LogP contribution in [0.1, 0.15) is 31.9 Å². The first-order valence-electron chi connectivity index (χ1n) is 5.50. The van der Waals surface area contributed by atoms with Crippen molar-refractivity contribution in [3.63, 3.8) is 0 Å². The molecule has 0 aromatic heterocycles. The zero-order valence-electron chi connectivity index (χ0n) is 9.57. The smallest absolute Gasteiger partial charge is 0.125 e. The Morgan fingerprint density at radius 2 is 2.07 bits per heavy atom. The van der Waals surface area contributed by atoms with E-state index in [1.807, 2.05) is 18.2 Å². The first-order valence-corrected chi connectivity index (χ1v) is 5.50. The molecule has 2 nitrogen and oxygen atoms in total. The summed E-state index contributed by atoms with van der Waals surface area (Å²) in [6.45, 7) is 4.37. The minimum Gasteiger partial charge on any atom is -0.490 e. The summed E-state index contributed by atoms with van der Waals surface area (Å²) in [5, 5.41) is 0. The summed E-state index contributed by atoms with van der Waals surface area (Å²) >= 11 is 0. The van der Waals surface area contributed by atoms with Gasteiger partial charge in [-0.3, -0.25) is 0 Å². The average Bonchev–Trinajstić information content (AvgIpc) is 2.27. The van der Waals surface area contributed by atoms with Crippen LogP contribution in [0.25, 0.3) is 0 Å². The molecule has 2 atom stereocenters. The number of hydrogen-bond donors (Lipinski definition) is 0. The number of methoxy groups -OCH3 is 1. The normalized spacial score (nSPS) is 24.8. The average molecular weight is 206 g/mol. The molecule has 2 heteroatoms. The molecule has 0 spiro atoms. The summed E-state index contributed by atoms with van der Waals surface area (Å²) < 4.78 is 11.5. The van der Waals surface area contributed by atoms with Gasteiger partial charge in [-0.05, 0) is 12.0 Å². The Morgan fingerprint density at radius 1 is 1.33 bits per heavy atom. The standard InChI is InChI=1S/C13H18O2/c1-9(2)12-8-13(14-3)10-6-4-5-7-11(10)15-12/h4-7,9,12-13H,8H2,1-3H3. The predicted octanol–water partition coefficient (Wildman–Crippen LogP) is 3.18. The van der Waals surface area contributed by atoms with Crippen molar-refractivity contribution in [2.24, 2.45) is 5.92 Å². The highest BCUT2D eigenvalue weighted by Crippen LogP contribution is 2.38. The molecule has 82 valence electrons. The van der Waals surface area contributed by atoms with Gasteiger partial charge in [0.2, 0.25) is 0 Å². The Labute approximate surface area is 91.2 Å². The van der Waals surface area contributed by atoms with Crippen LogP contribution in [0.3, 0.4) is 0 Å². The SMILES string of the molecule is COC1CC(C(C)C)Oc2ccccc21. The highest BCUT2D eigenvalue weighted by Gasteiger charge is 2.29. The lowest BCUT2D eigenvalue weighted by molar-refractivity contribution is 0.0144. The zero-order valence-corrected chi connectivity index (χ0v) is 9.57. The first-order chi connectivity index (χ1) is 7.22. The van der Waals surface area contributed by atoms with E-state index in [-0.39, 0.29) is 12.2 Å². The second kappa shape index (κ2) is 4.23. The Hall–Kier alpha value is -1.02. The summed E-state index contributed by atoms with van der Waals surface area (Å²) in [5.41, 5.74) is 1.18. The molecule has 0 saturated heterocycles. The maximum atomic E-state index is 5.95. The number of ether oxygens (including phenoxy) is 2. The number of hydrogen-bond acceptors (Lipinski definition) is 2. The van der Waals surface area contributed by atoms with Crippen LogP contribution >= 0.6 is 0 Å². The fourth-order valence-electron chi connectivity index (χ4n) is 2.03. The molecule has 1 aliphatic heterocycles. The fourth-order valence-corrected chi connectivity index (χ4v) is 2.03. The van der Waals surface area contributed by atoms with Crippen LogP contribution in [0.5, 0.6) is 5.75 Å². The minimum absolute atomic E-state index is 0.183. The minimum atomic E-state index is 0.183. The molecule has 2 unspecified atom stereocenters. The van der Waals surface area contributed by atoms with Crippen LogP contribution in [0, 0.1) is 5.92 Å². The Bertz CT molecular complexity index is 333. The van der Waals surface area contributed by atoms with Gasteiger partial charge in [-0.15, -0.1) is 0 Å². The van der Waals surface area contributed by atoms with Gasteiger partial charge in [-0.25, -0.2) is 0 Å².